The van der Waals surface area contributed by atoms with Crippen LogP contribution in [0.15, 0.2) is 42.6 Å². The summed E-state index contributed by atoms with van der Waals surface area (Å²) >= 11 is 0. The standard InChI is InChI=1S/C22H22N2O6/c1-27-17-9-8-14-18(19(17)28-2)22(26)30-20(14)24-16(21(25)29-3)10-12-11-23-15-7-5-4-6-13(12)15/h4-9,11,16,20,23-24H,10H2,1-3H3/p+1/t16-,20+/m0/s1. The van der Waals surface area contributed by atoms with E-state index in [4.69, 9.17) is 18.9 Å². The van der Waals surface area contributed by atoms with E-state index in [2.05, 4.69) is 4.98 Å². The minimum Gasteiger partial charge on any atom is -0.493 e. The lowest BCUT2D eigenvalue weighted by atomic mass is 10.0. The van der Waals surface area contributed by atoms with Crippen LogP contribution in [0.1, 0.15) is 27.7 Å². The maximum Gasteiger partial charge on any atom is 0.365 e. The normalized spacial score (nSPS) is 16.1. The average molecular weight is 411 g/mol. The average Bonchev–Trinajstić information content (AvgIpc) is 3.33. The second kappa shape index (κ2) is 8.08. The van der Waals surface area contributed by atoms with E-state index < -0.39 is 24.2 Å². The molecule has 0 amide bonds. The molecule has 2 aromatic carbocycles. The van der Waals surface area contributed by atoms with Gasteiger partial charge in [-0.2, -0.15) is 0 Å². The largest absolute Gasteiger partial charge is 0.493 e. The number of nitrogens with two attached hydrogens (primary N) is 1. The Morgan fingerprint density at radius 2 is 1.97 bits per heavy atom. The maximum absolute atomic E-state index is 12.5. The van der Waals surface area contributed by atoms with E-state index >= 15 is 0 Å². The molecule has 0 aliphatic carbocycles. The monoisotopic (exact) mass is 411 g/mol. The van der Waals surface area contributed by atoms with Gasteiger partial charge in [-0.3, -0.25) is 5.32 Å². The van der Waals surface area contributed by atoms with Crippen LogP contribution in [0.3, 0.4) is 0 Å². The molecule has 2 heterocycles. The fourth-order valence-electron chi connectivity index (χ4n) is 3.90. The Balaban J connectivity index is 1.64. The third kappa shape index (κ3) is 3.35. The summed E-state index contributed by atoms with van der Waals surface area (Å²) in [7, 11) is 4.32. The van der Waals surface area contributed by atoms with E-state index in [1.807, 2.05) is 30.5 Å². The van der Waals surface area contributed by atoms with Gasteiger partial charge in [-0.05, 0) is 23.8 Å². The summed E-state index contributed by atoms with van der Waals surface area (Å²) in [6.07, 6.45) is 1.60. The first kappa shape index (κ1) is 19.8. The molecule has 8 nitrogen and oxygen atoms in total. The highest BCUT2D eigenvalue weighted by Crippen LogP contribution is 2.39. The second-order valence-corrected chi connectivity index (χ2v) is 6.98. The molecule has 0 fully saturated rings. The summed E-state index contributed by atoms with van der Waals surface area (Å²) in [6.45, 7) is 0. The van der Waals surface area contributed by atoms with E-state index in [0.29, 0.717) is 29.0 Å². The number of aromatic nitrogens is 1. The molecule has 0 bridgehead atoms. The van der Waals surface area contributed by atoms with Gasteiger partial charge in [0.25, 0.3) is 6.23 Å². The number of hydrogen-bond acceptors (Lipinski definition) is 6. The zero-order valence-corrected chi connectivity index (χ0v) is 16.9. The number of carbonyl (C=O) groups excluding carboxylic acids is 2. The first-order valence-corrected chi connectivity index (χ1v) is 9.51. The molecular weight excluding hydrogens is 388 g/mol. The lowest BCUT2D eigenvalue weighted by Gasteiger charge is -2.17. The zero-order valence-electron chi connectivity index (χ0n) is 16.9. The minimum absolute atomic E-state index is 0.314. The summed E-state index contributed by atoms with van der Waals surface area (Å²) in [5.41, 5.74) is 2.92. The molecule has 2 atom stereocenters. The predicted octanol–water partition coefficient (Wildman–Crippen LogP) is 1.70. The van der Waals surface area contributed by atoms with Crippen molar-refractivity contribution in [1.82, 2.24) is 4.98 Å². The zero-order chi connectivity index (χ0) is 21.3. The fraction of sp³-hybridized carbons (Fsp3) is 0.273. The van der Waals surface area contributed by atoms with E-state index in [-0.39, 0.29) is 0 Å². The third-order valence-corrected chi connectivity index (χ3v) is 5.35. The van der Waals surface area contributed by atoms with Gasteiger partial charge in [0.2, 0.25) is 0 Å². The van der Waals surface area contributed by atoms with Gasteiger partial charge in [0.05, 0.1) is 26.9 Å². The van der Waals surface area contributed by atoms with E-state index in [0.717, 1.165) is 16.5 Å². The van der Waals surface area contributed by atoms with Crippen molar-refractivity contribution in [3.63, 3.8) is 0 Å². The van der Waals surface area contributed by atoms with Crippen molar-refractivity contribution in [2.45, 2.75) is 18.7 Å². The van der Waals surface area contributed by atoms with Crippen LogP contribution < -0.4 is 14.8 Å². The Hall–Kier alpha value is -3.52. The highest BCUT2D eigenvalue weighted by Gasteiger charge is 2.41. The van der Waals surface area contributed by atoms with Gasteiger partial charge in [0, 0.05) is 23.5 Å². The molecule has 1 aliphatic heterocycles. The van der Waals surface area contributed by atoms with Crippen LogP contribution in [0.2, 0.25) is 0 Å². The van der Waals surface area contributed by atoms with E-state index in [9.17, 15) is 9.59 Å². The Labute approximate surface area is 173 Å². The number of H-pyrrole nitrogens is 1. The van der Waals surface area contributed by atoms with Gasteiger partial charge in [0.15, 0.2) is 17.5 Å². The summed E-state index contributed by atoms with van der Waals surface area (Å²) < 4.78 is 21.2. The number of quaternary nitrogens is 1. The van der Waals surface area contributed by atoms with Crippen molar-refractivity contribution in [3.05, 3.63) is 59.3 Å². The van der Waals surface area contributed by atoms with Crippen molar-refractivity contribution >= 4 is 22.8 Å². The molecule has 1 aromatic heterocycles. The highest BCUT2D eigenvalue weighted by molar-refractivity contribution is 5.97. The Bertz CT molecular complexity index is 1110. The number of benzene rings is 2. The number of rotatable bonds is 7. The first-order valence-electron chi connectivity index (χ1n) is 9.51. The van der Waals surface area contributed by atoms with Crippen molar-refractivity contribution in [3.8, 4) is 11.5 Å². The minimum atomic E-state index is -0.693. The van der Waals surface area contributed by atoms with Crippen LogP contribution in [-0.4, -0.2) is 44.3 Å². The van der Waals surface area contributed by atoms with Crippen molar-refractivity contribution < 1.29 is 33.9 Å². The molecule has 0 saturated carbocycles. The molecule has 0 spiro atoms. The Morgan fingerprint density at radius 3 is 2.70 bits per heavy atom. The van der Waals surface area contributed by atoms with Crippen LogP contribution in [0, 0.1) is 0 Å². The van der Waals surface area contributed by atoms with Crippen molar-refractivity contribution in [1.29, 1.82) is 0 Å². The number of ether oxygens (including phenoxy) is 4. The van der Waals surface area contributed by atoms with Gasteiger partial charge in [-0.15, -0.1) is 0 Å². The number of fused-ring (bicyclic) bond motifs is 2. The van der Waals surface area contributed by atoms with Crippen LogP contribution in [-0.2, 0) is 20.7 Å². The lowest BCUT2D eigenvalue weighted by Crippen LogP contribution is -2.93. The third-order valence-electron chi connectivity index (χ3n) is 5.35. The Kier molecular flexibility index (Phi) is 5.33. The summed E-state index contributed by atoms with van der Waals surface area (Å²) in [6, 6.07) is 10.7. The van der Waals surface area contributed by atoms with Gasteiger partial charge < -0.3 is 23.9 Å². The summed E-state index contributed by atoms with van der Waals surface area (Å²) in [5, 5.41) is 2.75. The molecule has 0 radical (unpaired) electrons. The predicted molar refractivity (Wildman–Crippen MR) is 107 cm³/mol. The molecule has 3 aromatic rings. The first-order chi connectivity index (χ1) is 14.6. The molecule has 4 rings (SSSR count). The second-order valence-electron chi connectivity index (χ2n) is 6.98. The molecule has 1 aliphatic rings. The van der Waals surface area contributed by atoms with Gasteiger partial charge in [-0.1, -0.05) is 18.2 Å². The molecule has 3 N–H and O–H groups in total. The maximum atomic E-state index is 12.5. The molecule has 0 saturated heterocycles. The van der Waals surface area contributed by atoms with Gasteiger partial charge in [-0.25, -0.2) is 9.59 Å². The number of aromatic amines is 1. The molecule has 8 heteroatoms. The fourth-order valence-corrected chi connectivity index (χ4v) is 3.90. The molecule has 0 unspecified atom stereocenters. The number of carbonyl (C=O) groups is 2. The molecule has 156 valence electrons. The van der Waals surface area contributed by atoms with E-state index in [1.165, 1.54) is 21.3 Å². The highest BCUT2D eigenvalue weighted by atomic mass is 16.6. The SMILES string of the molecule is COC(=O)[C@H](Cc1c[nH]c2ccccc12)[NH2+][C@@H]1OC(=O)c2c1ccc(OC)c2OC. The quantitative estimate of drug-likeness (QED) is 0.574. The van der Waals surface area contributed by atoms with Crippen LogP contribution in [0.5, 0.6) is 11.5 Å². The van der Waals surface area contributed by atoms with Gasteiger partial charge >= 0.3 is 11.9 Å². The lowest BCUT2D eigenvalue weighted by molar-refractivity contribution is -0.746. The number of methoxy groups -OCH3 is 3. The molecule has 30 heavy (non-hydrogen) atoms. The van der Waals surface area contributed by atoms with Crippen molar-refractivity contribution in [2.24, 2.45) is 0 Å². The number of hydrogen-bond donors (Lipinski definition) is 2. The Morgan fingerprint density at radius 1 is 1.17 bits per heavy atom. The number of cyclic esters (lactones) is 1. The summed E-state index contributed by atoms with van der Waals surface area (Å²) in [5.74, 6) is -0.151. The van der Waals surface area contributed by atoms with Crippen LogP contribution in [0.25, 0.3) is 10.9 Å². The smallest absolute Gasteiger partial charge is 0.365 e. The number of para-hydroxylation sites is 1. The summed E-state index contributed by atoms with van der Waals surface area (Å²) in [4.78, 5) is 28.3. The van der Waals surface area contributed by atoms with Gasteiger partial charge in [0.1, 0.15) is 5.56 Å². The van der Waals surface area contributed by atoms with Crippen LogP contribution in [0.4, 0.5) is 0 Å². The van der Waals surface area contributed by atoms with Crippen LogP contribution >= 0.6 is 0 Å². The van der Waals surface area contributed by atoms with Crippen molar-refractivity contribution in [2.75, 3.05) is 21.3 Å². The molecular formula is C22H23N2O6+. The number of nitrogens with one attached hydrogen (secondary N) is 1. The number of esters is 2. The van der Waals surface area contributed by atoms with E-state index in [1.54, 1.807) is 17.4 Å². The topological polar surface area (TPSA) is 103 Å².